The van der Waals surface area contributed by atoms with E-state index in [0.717, 1.165) is 14.9 Å². The molecule has 0 spiro atoms. The van der Waals surface area contributed by atoms with Gasteiger partial charge in [-0.1, -0.05) is 39.8 Å². The van der Waals surface area contributed by atoms with Crippen LogP contribution in [0.4, 0.5) is 5.69 Å². The van der Waals surface area contributed by atoms with Crippen LogP contribution in [0.5, 0.6) is 0 Å². The number of nitro groups is 1. The second kappa shape index (κ2) is 6.39. The van der Waals surface area contributed by atoms with Gasteiger partial charge in [0.25, 0.3) is 5.69 Å². The van der Waals surface area contributed by atoms with E-state index < -0.39 is 0 Å². The van der Waals surface area contributed by atoms with Crippen LogP contribution in [0.2, 0.25) is 0 Å². The summed E-state index contributed by atoms with van der Waals surface area (Å²) in [6, 6.07) is 12.3. The maximum atomic E-state index is 11.0. The number of halogens is 1. The first-order chi connectivity index (χ1) is 9.49. The van der Waals surface area contributed by atoms with Gasteiger partial charge in [0.15, 0.2) is 0 Å². The highest BCUT2D eigenvalue weighted by atomic mass is 79.9. The largest absolute Gasteiger partial charge is 0.324 e. The minimum absolute atomic E-state index is 0.107. The van der Waals surface area contributed by atoms with Crippen molar-refractivity contribution in [3.05, 3.63) is 62.6 Å². The molecule has 6 heteroatoms. The van der Waals surface area contributed by atoms with E-state index in [1.165, 1.54) is 17.8 Å². The van der Waals surface area contributed by atoms with E-state index in [-0.39, 0.29) is 16.7 Å². The van der Waals surface area contributed by atoms with Crippen LogP contribution in [0.15, 0.2) is 56.7 Å². The highest BCUT2D eigenvalue weighted by Gasteiger charge is 2.16. The second-order valence-corrected chi connectivity index (χ2v) is 6.30. The topological polar surface area (TPSA) is 69.2 Å². The first-order valence-electron chi connectivity index (χ1n) is 5.95. The molecule has 0 aliphatic heterocycles. The van der Waals surface area contributed by atoms with Crippen LogP contribution in [0, 0.1) is 10.1 Å². The number of rotatable bonds is 4. The quantitative estimate of drug-likeness (QED) is 0.648. The third kappa shape index (κ3) is 3.39. The van der Waals surface area contributed by atoms with Gasteiger partial charge in [0.2, 0.25) is 0 Å². The van der Waals surface area contributed by atoms with Gasteiger partial charge in [-0.3, -0.25) is 10.1 Å². The molecule has 2 aromatic rings. The Kier molecular flexibility index (Phi) is 4.80. The van der Waals surface area contributed by atoms with Crippen molar-refractivity contribution in [2.45, 2.75) is 22.8 Å². The Morgan fingerprint density at radius 1 is 1.25 bits per heavy atom. The van der Waals surface area contributed by atoms with Crippen LogP contribution >= 0.6 is 27.7 Å². The third-order valence-electron chi connectivity index (χ3n) is 2.74. The second-order valence-electron chi connectivity index (χ2n) is 4.30. The molecule has 104 valence electrons. The Bertz CT molecular complexity index is 647. The zero-order chi connectivity index (χ0) is 14.7. The predicted octanol–water partition coefficient (Wildman–Crippen LogP) is 4.53. The number of nitro benzene ring substituents is 1. The minimum atomic E-state index is -0.368. The Hall–Kier alpha value is -1.37. The molecular weight excluding hydrogens is 340 g/mol. The first kappa shape index (κ1) is 15.0. The van der Waals surface area contributed by atoms with E-state index >= 15 is 0 Å². The molecule has 20 heavy (non-hydrogen) atoms. The van der Waals surface area contributed by atoms with Gasteiger partial charge in [-0.05, 0) is 36.8 Å². The van der Waals surface area contributed by atoms with E-state index in [2.05, 4.69) is 15.9 Å². The molecule has 0 bridgehead atoms. The Labute approximate surface area is 129 Å². The molecule has 2 aromatic carbocycles. The number of hydrogen-bond donors (Lipinski definition) is 1. The van der Waals surface area contributed by atoms with Crippen molar-refractivity contribution in [2.24, 2.45) is 5.73 Å². The lowest BCUT2D eigenvalue weighted by atomic mass is 10.1. The zero-order valence-electron chi connectivity index (χ0n) is 10.7. The lowest BCUT2D eigenvalue weighted by Gasteiger charge is -2.13. The van der Waals surface area contributed by atoms with Gasteiger partial charge < -0.3 is 5.73 Å². The predicted molar refractivity (Wildman–Crippen MR) is 84.0 cm³/mol. The van der Waals surface area contributed by atoms with Gasteiger partial charge in [0, 0.05) is 21.5 Å². The van der Waals surface area contributed by atoms with Crippen LogP contribution in [-0.2, 0) is 0 Å². The van der Waals surface area contributed by atoms with Crippen LogP contribution < -0.4 is 5.73 Å². The monoisotopic (exact) mass is 352 g/mol. The van der Waals surface area contributed by atoms with Crippen molar-refractivity contribution in [3.63, 3.8) is 0 Å². The van der Waals surface area contributed by atoms with Gasteiger partial charge in [0.05, 0.1) is 9.82 Å². The summed E-state index contributed by atoms with van der Waals surface area (Å²) < 4.78 is 0.941. The number of benzene rings is 2. The fourth-order valence-electron chi connectivity index (χ4n) is 1.78. The van der Waals surface area contributed by atoms with Crippen molar-refractivity contribution in [1.82, 2.24) is 0 Å². The summed E-state index contributed by atoms with van der Waals surface area (Å²) in [5.41, 5.74) is 7.03. The van der Waals surface area contributed by atoms with Gasteiger partial charge in [-0.25, -0.2) is 0 Å². The molecule has 0 aliphatic carbocycles. The summed E-state index contributed by atoms with van der Waals surface area (Å²) in [7, 11) is 0. The molecule has 0 amide bonds. The standard InChI is InChI=1S/C14H13BrN2O2S/c1-9(16)11-8-10(15)6-7-13(11)20-14-5-3-2-4-12(14)17(18)19/h2-9H,16H2,1H3. The molecule has 1 atom stereocenters. The van der Waals surface area contributed by atoms with Gasteiger partial charge >= 0.3 is 0 Å². The Morgan fingerprint density at radius 2 is 1.95 bits per heavy atom. The average molecular weight is 353 g/mol. The van der Waals surface area contributed by atoms with Gasteiger partial charge in [-0.15, -0.1) is 0 Å². The fourth-order valence-corrected chi connectivity index (χ4v) is 3.29. The molecular formula is C14H13BrN2O2S. The number of nitrogens with zero attached hydrogens (tertiary/aromatic N) is 1. The maximum Gasteiger partial charge on any atom is 0.283 e. The molecule has 0 fully saturated rings. The summed E-state index contributed by atoms with van der Waals surface area (Å²) in [6.07, 6.45) is 0. The van der Waals surface area contributed by atoms with E-state index in [1.807, 2.05) is 25.1 Å². The molecule has 2 N–H and O–H groups in total. The molecule has 0 heterocycles. The summed E-state index contributed by atoms with van der Waals surface area (Å²) in [4.78, 5) is 12.2. The van der Waals surface area contributed by atoms with Crippen molar-refractivity contribution < 1.29 is 4.92 Å². The third-order valence-corrected chi connectivity index (χ3v) is 4.39. The van der Waals surface area contributed by atoms with Crippen LogP contribution in [-0.4, -0.2) is 4.92 Å². The van der Waals surface area contributed by atoms with Gasteiger partial charge in [0.1, 0.15) is 0 Å². The maximum absolute atomic E-state index is 11.0. The normalized spacial score (nSPS) is 12.2. The minimum Gasteiger partial charge on any atom is -0.324 e. The molecule has 0 aromatic heterocycles. The molecule has 2 rings (SSSR count). The smallest absolute Gasteiger partial charge is 0.283 e. The molecule has 4 nitrogen and oxygen atoms in total. The van der Waals surface area contributed by atoms with Crippen LogP contribution in [0.3, 0.4) is 0 Å². The first-order valence-corrected chi connectivity index (χ1v) is 7.56. The summed E-state index contributed by atoms with van der Waals surface area (Å²) in [5.74, 6) is 0. The average Bonchev–Trinajstić information content (AvgIpc) is 2.41. The fraction of sp³-hybridized carbons (Fsp3) is 0.143. The van der Waals surface area contributed by atoms with E-state index in [0.29, 0.717) is 4.90 Å². The molecule has 0 saturated heterocycles. The van der Waals surface area contributed by atoms with E-state index in [4.69, 9.17) is 5.73 Å². The SMILES string of the molecule is CC(N)c1cc(Br)ccc1Sc1ccccc1[N+](=O)[O-]. The van der Waals surface area contributed by atoms with Crippen molar-refractivity contribution >= 4 is 33.4 Å². The van der Waals surface area contributed by atoms with E-state index in [1.54, 1.807) is 18.2 Å². The van der Waals surface area contributed by atoms with Crippen molar-refractivity contribution in [2.75, 3.05) is 0 Å². The van der Waals surface area contributed by atoms with Crippen molar-refractivity contribution in [1.29, 1.82) is 0 Å². The molecule has 0 saturated carbocycles. The summed E-state index contributed by atoms with van der Waals surface area (Å²) in [5, 5.41) is 11.0. The molecule has 1 unspecified atom stereocenters. The highest BCUT2D eigenvalue weighted by Crippen LogP contribution is 2.38. The van der Waals surface area contributed by atoms with Gasteiger partial charge in [-0.2, -0.15) is 0 Å². The van der Waals surface area contributed by atoms with Crippen molar-refractivity contribution in [3.8, 4) is 0 Å². The Balaban J connectivity index is 2.43. The summed E-state index contributed by atoms with van der Waals surface area (Å²) in [6.45, 7) is 1.89. The highest BCUT2D eigenvalue weighted by molar-refractivity contribution is 9.10. The Morgan fingerprint density at radius 3 is 2.60 bits per heavy atom. The molecule has 0 aliphatic rings. The van der Waals surface area contributed by atoms with Crippen LogP contribution in [0.25, 0.3) is 0 Å². The number of hydrogen-bond acceptors (Lipinski definition) is 4. The van der Waals surface area contributed by atoms with Crippen LogP contribution in [0.1, 0.15) is 18.5 Å². The lowest BCUT2D eigenvalue weighted by molar-refractivity contribution is -0.387. The number of nitrogens with two attached hydrogens (primary N) is 1. The zero-order valence-corrected chi connectivity index (χ0v) is 13.1. The van der Waals surface area contributed by atoms with E-state index in [9.17, 15) is 10.1 Å². The molecule has 0 radical (unpaired) electrons. The summed E-state index contributed by atoms with van der Waals surface area (Å²) >= 11 is 4.78. The number of para-hydroxylation sites is 1. The lowest BCUT2D eigenvalue weighted by Crippen LogP contribution is -2.06.